The maximum absolute atomic E-state index is 5.69. The SMILES string of the molecule is CNc1cc(N(C)c2ccc(C)cc2)nc(N)n1. The van der Waals surface area contributed by atoms with Crippen LogP contribution in [0.3, 0.4) is 0 Å². The standard InChI is InChI=1S/C13H17N5/c1-9-4-6-10(7-5-9)18(3)12-8-11(15-2)16-13(14)17-12/h4-8H,1-3H3,(H3,14,15,16,17). The molecule has 94 valence electrons. The van der Waals surface area contributed by atoms with Crippen molar-refractivity contribution in [2.24, 2.45) is 0 Å². The van der Waals surface area contributed by atoms with Crippen LogP contribution in [0.4, 0.5) is 23.3 Å². The Morgan fingerprint density at radius 3 is 2.44 bits per heavy atom. The number of rotatable bonds is 3. The van der Waals surface area contributed by atoms with Gasteiger partial charge in [0.25, 0.3) is 0 Å². The number of hydrogen-bond acceptors (Lipinski definition) is 5. The number of nitrogen functional groups attached to an aromatic ring is 1. The first kappa shape index (κ1) is 12.2. The van der Waals surface area contributed by atoms with Crippen LogP contribution in [0.25, 0.3) is 0 Å². The highest BCUT2D eigenvalue weighted by molar-refractivity contribution is 5.63. The van der Waals surface area contributed by atoms with Gasteiger partial charge in [0.1, 0.15) is 11.6 Å². The average Bonchev–Trinajstić information content (AvgIpc) is 2.38. The maximum Gasteiger partial charge on any atom is 0.223 e. The Balaban J connectivity index is 2.35. The lowest BCUT2D eigenvalue weighted by molar-refractivity contribution is 1.09. The number of aromatic nitrogens is 2. The number of nitrogens with one attached hydrogen (secondary N) is 1. The third-order valence-electron chi connectivity index (χ3n) is 2.75. The summed E-state index contributed by atoms with van der Waals surface area (Å²) < 4.78 is 0. The summed E-state index contributed by atoms with van der Waals surface area (Å²) in [6, 6.07) is 10.1. The summed E-state index contributed by atoms with van der Waals surface area (Å²) >= 11 is 0. The van der Waals surface area contributed by atoms with Gasteiger partial charge < -0.3 is 16.0 Å². The normalized spacial score (nSPS) is 10.2. The third-order valence-corrected chi connectivity index (χ3v) is 2.75. The van der Waals surface area contributed by atoms with E-state index in [1.54, 1.807) is 7.05 Å². The van der Waals surface area contributed by atoms with Gasteiger partial charge >= 0.3 is 0 Å². The van der Waals surface area contributed by atoms with Crippen LogP contribution < -0.4 is 16.0 Å². The maximum atomic E-state index is 5.69. The van der Waals surface area contributed by atoms with Gasteiger partial charge in [0.15, 0.2) is 0 Å². The topological polar surface area (TPSA) is 67.1 Å². The summed E-state index contributed by atoms with van der Waals surface area (Å²) in [5, 5.41) is 2.97. The van der Waals surface area contributed by atoms with E-state index in [-0.39, 0.29) is 5.95 Å². The summed E-state index contributed by atoms with van der Waals surface area (Å²) in [6.07, 6.45) is 0. The van der Waals surface area contributed by atoms with E-state index >= 15 is 0 Å². The molecular weight excluding hydrogens is 226 g/mol. The predicted octanol–water partition coefficient (Wildman–Crippen LogP) is 2.18. The van der Waals surface area contributed by atoms with Gasteiger partial charge in [0.05, 0.1) is 0 Å². The smallest absolute Gasteiger partial charge is 0.223 e. The highest BCUT2D eigenvalue weighted by Gasteiger charge is 2.08. The number of aryl methyl sites for hydroxylation is 1. The summed E-state index contributed by atoms with van der Waals surface area (Å²) in [5.74, 6) is 1.72. The molecule has 0 bridgehead atoms. The molecule has 0 aliphatic rings. The first-order valence-electron chi connectivity index (χ1n) is 5.73. The molecule has 1 heterocycles. The van der Waals surface area contributed by atoms with Crippen molar-refractivity contribution in [3.05, 3.63) is 35.9 Å². The van der Waals surface area contributed by atoms with Gasteiger partial charge in [0.2, 0.25) is 5.95 Å². The van der Waals surface area contributed by atoms with Crippen molar-refractivity contribution in [1.82, 2.24) is 9.97 Å². The molecule has 5 heteroatoms. The molecule has 0 radical (unpaired) electrons. The van der Waals surface area contributed by atoms with Crippen LogP contribution in [0.1, 0.15) is 5.56 Å². The van der Waals surface area contributed by atoms with Crippen LogP contribution in [-0.2, 0) is 0 Å². The highest BCUT2D eigenvalue weighted by atomic mass is 15.2. The van der Waals surface area contributed by atoms with Gasteiger partial charge in [-0.05, 0) is 19.1 Å². The van der Waals surface area contributed by atoms with Crippen LogP contribution in [0.2, 0.25) is 0 Å². The van der Waals surface area contributed by atoms with Crippen LogP contribution in [0, 0.1) is 6.92 Å². The Morgan fingerprint density at radius 2 is 1.83 bits per heavy atom. The Hall–Kier alpha value is -2.30. The van der Waals surface area contributed by atoms with Crippen LogP contribution in [0.15, 0.2) is 30.3 Å². The number of nitrogens with two attached hydrogens (primary N) is 1. The molecule has 2 rings (SSSR count). The molecule has 1 aromatic carbocycles. The minimum absolute atomic E-state index is 0.260. The van der Waals surface area contributed by atoms with Gasteiger partial charge in [0, 0.05) is 25.8 Å². The summed E-state index contributed by atoms with van der Waals surface area (Å²) in [6.45, 7) is 2.06. The fraction of sp³-hybridized carbons (Fsp3) is 0.231. The second kappa shape index (κ2) is 4.91. The fourth-order valence-electron chi connectivity index (χ4n) is 1.65. The number of benzene rings is 1. The molecule has 0 atom stereocenters. The summed E-state index contributed by atoms with van der Waals surface area (Å²) in [7, 11) is 3.75. The minimum atomic E-state index is 0.260. The van der Waals surface area contributed by atoms with Crippen molar-refractivity contribution in [1.29, 1.82) is 0 Å². The summed E-state index contributed by atoms with van der Waals surface area (Å²) in [5.41, 5.74) is 7.97. The third kappa shape index (κ3) is 2.51. The number of hydrogen-bond donors (Lipinski definition) is 2. The van der Waals surface area contributed by atoms with E-state index in [4.69, 9.17) is 5.73 Å². The van der Waals surface area contributed by atoms with Crippen molar-refractivity contribution in [3.63, 3.8) is 0 Å². The first-order chi connectivity index (χ1) is 8.60. The van der Waals surface area contributed by atoms with E-state index in [0.29, 0.717) is 5.82 Å². The molecule has 0 fully saturated rings. The average molecular weight is 243 g/mol. The second-order valence-electron chi connectivity index (χ2n) is 4.11. The minimum Gasteiger partial charge on any atom is -0.373 e. The molecular formula is C13H17N5. The zero-order valence-corrected chi connectivity index (χ0v) is 10.8. The van der Waals surface area contributed by atoms with E-state index < -0.39 is 0 Å². The molecule has 0 saturated heterocycles. The van der Waals surface area contributed by atoms with Gasteiger partial charge in [-0.25, -0.2) is 0 Å². The molecule has 3 N–H and O–H groups in total. The molecule has 0 unspecified atom stereocenters. The molecule has 0 aliphatic carbocycles. The second-order valence-corrected chi connectivity index (χ2v) is 4.11. The van der Waals surface area contributed by atoms with Crippen molar-refractivity contribution in [2.75, 3.05) is 30.0 Å². The van der Waals surface area contributed by atoms with Crippen LogP contribution >= 0.6 is 0 Å². The van der Waals surface area contributed by atoms with Crippen molar-refractivity contribution in [3.8, 4) is 0 Å². The Labute approximate surface area is 107 Å². The van der Waals surface area contributed by atoms with Gasteiger partial charge in [-0.15, -0.1) is 0 Å². The lowest BCUT2D eigenvalue weighted by Gasteiger charge is -2.19. The van der Waals surface area contributed by atoms with Crippen LogP contribution in [-0.4, -0.2) is 24.1 Å². The fourth-order valence-corrected chi connectivity index (χ4v) is 1.65. The lowest BCUT2D eigenvalue weighted by atomic mass is 10.2. The molecule has 2 aromatic rings. The van der Waals surface area contributed by atoms with Gasteiger partial charge in [-0.1, -0.05) is 17.7 Å². The molecule has 1 aromatic heterocycles. The zero-order valence-electron chi connectivity index (χ0n) is 10.8. The molecule has 0 saturated carbocycles. The lowest BCUT2D eigenvalue weighted by Crippen LogP contribution is -2.13. The van der Waals surface area contributed by atoms with E-state index in [2.05, 4.69) is 34.3 Å². The Morgan fingerprint density at radius 1 is 1.17 bits per heavy atom. The molecule has 18 heavy (non-hydrogen) atoms. The van der Waals surface area contributed by atoms with Gasteiger partial charge in [-0.3, -0.25) is 0 Å². The largest absolute Gasteiger partial charge is 0.373 e. The van der Waals surface area contributed by atoms with Crippen LogP contribution in [0.5, 0.6) is 0 Å². The van der Waals surface area contributed by atoms with Crippen molar-refractivity contribution < 1.29 is 0 Å². The monoisotopic (exact) mass is 243 g/mol. The van der Waals surface area contributed by atoms with E-state index in [9.17, 15) is 0 Å². The van der Waals surface area contributed by atoms with E-state index in [1.165, 1.54) is 5.56 Å². The Bertz CT molecular complexity index is 536. The highest BCUT2D eigenvalue weighted by Crippen LogP contribution is 2.24. The van der Waals surface area contributed by atoms with E-state index in [0.717, 1.165) is 11.5 Å². The summed E-state index contributed by atoms with van der Waals surface area (Å²) in [4.78, 5) is 10.3. The molecule has 0 aliphatic heterocycles. The molecule has 5 nitrogen and oxygen atoms in total. The Kier molecular flexibility index (Phi) is 3.32. The number of anilines is 4. The quantitative estimate of drug-likeness (QED) is 0.864. The first-order valence-corrected chi connectivity index (χ1v) is 5.73. The van der Waals surface area contributed by atoms with Crippen molar-refractivity contribution >= 4 is 23.3 Å². The van der Waals surface area contributed by atoms with E-state index in [1.807, 2.05) is 30.1 Å². The number of nitrogens with zero attached hydrogens (tertiary/aromatic N) is 3. The zero-order chi connectivity index (χ0) is 13.1. The van der Waals surface area contributed by atoms with Crippen molar-refractivity contribution in [2.45, 2.75) is 6.92 Å². The predicted molar refractivity (Wildman–Crippen MR) is 75.2 cm³/mol. The van der Waals surface area contributed by atoms with Gasteiger partial charge in [-0.2, -0.15) is 9.97 Å². The molecule has 0 amide bonds. The molecule has 0 spiro atoms.